The minimum Gasteiger partial charge on any atom is -0.489 e. The van der Waals surface area contributed by atoms with Crippen molar-refractivity contribution in [2.24, 2.45) is 10.4 Å². The lowest BCUT2D eigenvalue weighted by molar-refractivity contribution is 0.140. The van der Waals surface area contributed by atoms with Crippen molar-refractivity contribution in [1.82, 2.24) is 15.2 Å². The second kappa shape index (κ2) is 13.4. The van der Waals surface area contributed by atoms with E-state index in [1.165, 1.54) is 4.57 Å². The number of carbonyl (C=O) groups excluding carboxylic acids is 1. The van der Waals surface area contributed by atoms with Gasteiger partial charge in [-0.25, -0.2) is 9.79 Å². The second-order valence-corrected chi connectivity index (χ2v) is 11.8. The maximum absolute atomic E-state index is 13.0. The van der Waals surface area contributed by atoms with Gasteiger partial charge >= 0.3 is 6.03 Å². The number of aromatic nitrogens is 1. The molecule has 0 saturated heterocycles. The summed E-state index contributed by atoms with van der Waals surface area (Å²) in [5.74, 6) is 1.27. The van der Waals surface area contributed by atoms with Gasteiger partial charge in [0.2, 0.25) is 0 Å². The number of aryl methyl sites for hydroxylation is 1. The summed E-state index contributed by atoms with van der Waals surface area (Å²) in [6.07, 6.45) is 4.98. The fourth-order valence-corrected chi connectivity index (χ4v) is 4.66. The molecule has 3 aromatic rings. The first-order valence-electron chi connectivity index (χ1n) is 14.4. The number of nitrogens with zero attached hydrogens (tertiary/aromatic N) is 2. The number of ether oxygens (including phenoxy) is 1. The van der Waals surface area contributed by atoms with E-state index in [1.54, 1.807) is 18.3 Å². The van der Waals surface area contributed by atoms with E-state index in [2.05, 4.69) is 15.6 Å². The molecular formula is C33H41N7O2. The number of urea groups is 1. The van der Waals surface area contributed by atoms with Gasteiger partial charge in [0.15, 0.2) is 0 Å². The average Bonchev–Trinajstić information content (AvgIpc) is 2.96. The number of rotatable bonds is 7. The van der Waals surface area contributed by atoms with Crippen molar-refractivity contribution in [3.8, 4) is 5.75 Å². The number of amidine groups is 1. The number of aliphatic imine (C=N–C) groups is 1. The molecule has 0 spiro atoms. The van der Waals surface area contributed by atoms with Crippen LogP contribution in [0.15, 0.2) is 77.9 Å². The number of hydrogen-bond acceptors (Lipinski definition) is 6. The fourth-order valence-electron chi connectivity index (χ4n) is 4.66. The molecule has 2 amide bonds. The van der Waals surface area contributed by atoms with Gasteiger partial charge in [0.25, 0.3) is 0 Å². The largest absolute Gasteiger partial charge is 0.489 e. The van der Waals surface area contributed by atoms with Crippen molar-refractivity contribution >= 4 is 29.1 Å². The fraction of sp³-hybridized carbons (Fsp3) is 0.364. The van der Waals surface area contributed by atoms with E-state index in [4.69, 9.17) is 21.0 Å². The van der Waals surface area contributed by atoms with Crippen LogP contribution >= 0.6 is 0 Å². The number of amides is 2. The lowest BCUT2D eigenvalue weighted by Gasteiger charge is -2.30. The quantitative estimate of drug-likeness (QED) is 0.168. The molecule has 220 valence electrons. The van der Waals surface area contributed by atoms with Crippen LogP contribution in [0.4, 0.5) is 10.5 Å². The van der Waals surface area contributed by atoms with Gasteiger partial charge < -0.3 is 15.5 Å². The monoisotopic (exact) mass is 567 g/mol. The second-order valence-electron chi connectivity index (χ2n) is 11.8. The van der Waals surface area contributed by atoms with E-state index in [0.29, 0.717) is 17.3 Å². The third-order valence-electron chi connectivity index (χ3n) is 7.33. The molecule has 0 radical (unpaired) electrons. The predicted octanol–water partition coefficient (Wildman–Crippen LogP) is 6.33. The SMILES string of the molecule is Cc1ccc(N=C(CC(=N)C(C)(C)C)NC(=O)NC2CCC(Oc3ccc(=N)n(C(=N)c4ccccc4)c3)CC2)cc1. The number of pyridine rings is 1. The molecule has 1 saturated carbocycles. The highest BCUT2D eigenvalue weighted by Gasteiger charge is 2.25. The normalized spacial score (nSPS) is 17.3. The average molecular weight is 568 g/mol. The molecule has 1 fully saturated rings. The summed E-state index contributed by atoms with van der Waals surface area (Å²) in [6.45, 7) is 7.95. The first-order valence-corrected chi connectivity index (χ1v) is 14.4. The van der Waals surface area contributed by atoms with Gasteiger partial charge in [0, 0.05) is 23.7 Å². The lowest BCUT2D eigenvalue weighted by Crippen LogP contribution is -2.47. The van der Waals surface area contributed by atoms with Gasteiger partial charge in [0.05, 0.1) is 18.0 Å². The van der Waals surface area contributed by atoms with E-state index < -0.39 is 0 Å². The molecule has 1 aliphatic carbocycles. The van der Waals surface area contributed by atoms with Crippen molar-refractivity contribution in [2.45, 2.75) is 71.9 Å². The van der Waals surface area contributed by atoms with Crippen LogP contribution in [-0.4, -0.2) is 40.1 Å². The number of carbonyl (C=O) groups is 1. The van der Waals surface area contributed by atoms with Crippen LogP contribution < -0.4 is 20.9 Å². The van der Waals surface area contributed by atoms with E-state index in [9.17, 15) is 4.79 Å². The molecule has 1 heterocycles. The van der Waals surface area contributed by atoms with E-state index >= 15 is 0 Å². The Balaban J connectivity index is 1.33. The van der Waals surface area contributed by atoms with Gasteiger partial charge in [-0.2, -0.15) is 0 Å². The smallest absolute Gasteiger partial charge is 0.320 e. The zero-order valence-electron chi connectivity index (χ0n) is 24.8. The first kappa shape index (κ1) is 30.4. The molecule has 0 bridgehead atoms. The van der Waals surface area contributed by atoms with Gasteiger partial charge in [-0.3, -0.25) is 20.7 Å². The Morgan fingerprint density at radius 3 is 2.29 bits per heavy atom. The Kier molecular flexibility index (Phi) is 9.72. The molecular weight excluding hydrogens is 526 g/mol. The van der Waals surface area contributed by atoms with Crippen molar-refractivity contribution in [3.63, 3.8) is 0 Å². The molecule has 0 unspecified atom stereocenters. The maximum atomic E-state index is 13.0. The molecule has 4 rings (SSSR count). The first-order chi connectivity index (χ1) is 20.0. The summed E-state index contributed by atoms with van der Waals surface area (Å²) < 4.78 is 7.74. The summed E-state index contributed by atoms with van der Waals surface area (Å²) in [4.78, 5) is 17.6. The third kappa shape index (κ3) is 8.49. The zero-order valence-corrected chi connectivity index (χ0v) is 24.8. The Morgan fingerprint density at radius 1 is 0.976 bits per heavy atom. The highest BCUT2D eigenvalue weighted by molar-refractivity contribution is 6.09. The Bertz CT molecular complexity index is 1490. The van der Waals surface area contributed by atoms with Crippen molar-refractivity contribution in [3.05, 3.63) is 89.5 Å². The van der Waals surface area contributed by atoms with E-state index in [-0.39, 0.29) is 41.3 Å². The van der Waals surface area contributed by atoms with Crippen LogP contribution in [0.2, 0.25) is 0 Å². The topological polar surface area (TPSA) is 139 Å². The number of nitrogens with one attached hydrogen (secondary N) is 5. The minimum absolute atomic E-state index is 0.000598. The van der Waals surface area contributed by atoms with Crippen molar-refractivity contribution in [1.29, 1.82) is 16.2 Å². The van der Waals surface area contributed by atoms with Crippen LogP contribution in [-0.2, 0) is 0 Å². The van der Waals surface area contributed by atoms with E-state index in [0.717, 1.165) is 42.5 Å². The summed E-state index contributed by atoms with van der Waals surface area (Å²) >= 11 is 0. The molecule has 0 aliphatic heterocycles. The summed E-state index contributed by atoms with van der Waals surface area (Å²) in [5.41, 5.74) is 2.95. The molecule has 9 nitrogen and oxygen atoms in total. The maximum Gasteiger partial charge on any atom is 0.320 e. The Hall–Kier alpha value is -4.53. The highest BCUT2D eigenvalue weighted by atomic mass is 16.5. The van der Waals surface area contributed by atoms with Gasteiger partial charge in [-0.05, 0) is 62.3 Å². The molecule has 1 aliphatic rings. The molecule has 1 aromatic heterocycles. The lowest BCUT2D eigenvalue weighted by atomic mass is 9.88. The van der Waals surface area contributed by atoms with Crippen LogP contribution in [0.1, 0.15) is 64.0 Å². The third-order valence-corrected chi connectivity index (χ3v) is 7.33. The summed E-state index contributed by atoms with van der Waals surface area (Å²) in [5, 5.41) is 31.2. The van der Waals surface area contributed by atoms with Crippen LogP contribution in [0, 0.1) is 28.6 Å². The summed E-state index contributed by atoms with van der Waals surface area (Å²) in [7, 11) is 0. The van der Waals surface area contributed by atoms with E-state index in [1.807, 2.05) is 82.3 Å². The van der Waals surface area contributed by atoms with Gasteiger partial charge in [0.1, 0.15) is 22.9 Å². The highest BCUT2D eigenvalue weighted by Crippen LogP contribution is 2.24. The number of hydrogen-bond donors (Lipinski definition) is 5. The molecule has 0 atom stereocenters. The molecule has 2 aromatic carbocycles. The predicted molar refractivity (Wildman–Crippen MR) is 167 cm³/mol. The minimum atomic E-state index is -0.327. The van der Waals surface area contributed by atoms with Crippen molar-refractivity contribution < 1.29 is 9.53 Å². The Morgan fingerprint density at radius 2 is 1.64 bits per heavy atom. The van der Waals surface area contributed by atoms with Gasteiger partial charge in [-0.1, -0.05) is 68.8 Å². The zero-order chi connectivity index (χ0) is 30.3. The van der Waals surface area contributed by atoms with Crippen LogP contribution in [0.5, 0.6) is 5.75 Å². The Labute approximate surface area is 247 Å². The van der Waals surface area contributed by atoms with Crippen molar-refractivity contribution in [2.75, 3.05) is 0 Å². The van der Waals surface area contributed by atoms with Gasteiger partial charge in [-0.15, -0.1) is 0 Å². The van der Waals surface area contributed by atoms with Crippen LogP contribution in [0.3, 0.4) is 0 Å². The molecule has 5 N–H and O–H groups in total. The van der Waals surface area contributed by atoms with Crippen LogP contribution in [0.25, 0.3) is 0 Å². The summed E-state index contributed by atoms with van der Waals surface area (Å²) in [6, 6.07) is 20.2. The molecule has 42 heavy (non-hydrogen) atoms. The number of benzene rings is 2. The standard InChI is InChI=1S/C33H41N7O2/c1-22-10-12-24(13-11-22)37-30(20-28(34)33(2,3)4)39-32(41)38-25-14-16-26(17-15-25)42-27-18-19-29(35)40(21-27)31(36)23-8-6-5-7-9-23/h5-13,18-19,21,25-26,34-36H,14-17,20H2,1-4H3,(H2,37,38,39,41). The molecule has 9 heteroatoms.